The summed E-state index contributed by atoms with van der Waals surface area (Å²) in [5.41, 5.74) is -0.977. The summed E-state index contributed by atoms with van der Waals surface area (Å²) < 4.78 is 6.92. The maximum absolute atomic E-state index is 12.1. The molecule has 126 valence electrons. The van der Waals surface area contributed by atoms with Gasteiger partial charge in [0.15, 0.2) is 0 Å². The summed E-state index contributed by atoms with van der Waals surface area (Å²) in [5.74, 6) is 0.397. The number of halogens is 1. The molecule has 1 fully saturated rings. The van der Waals surface area contributed by atoms with E-state index >= 15 is 0 Å². The Balaban J connectivity index is 1.45. The summed E-state index contributed by atoms with van der Waals surface area (Å²) in [7, 11) is 0. The molecule has 1 saturated heterocycles. The molecule has 1 aliphatic rings. The van der Waals surface area contributed by atoms with Crippen LogP contribution in [0.5, 0.6) is 5.88 Å². The Hall–Kier alpha value is -2.61. The van der Waals surface area contributed by atoms with E-state index < -0.39 is 11.2 Å². The Morgan fingerprint density at radius 2 is 2.12 bits per heavy atom. The highest BCUT2D eigenvalue weighted by atomic mass is 35.5. The lowest BCUT2D eigenvalue weighted by Gasteiger charge is -2.38. The summed E-state index contributed by atoms with van der Waals surface area (Å²) >= 11 is 5.75. The van der Waals surface area contributed by atoms with E-state index in [1.807, 2.05) is 0 Å². The molecule has 2 aromatic heterocycles. The van der Waals surface area contributed by atoms with E-state index in [-0.39, 0.29) is 25.0 Å². The van der Waals surface area contributed by atoms with Crippen LogP contribution in [0.15, 0.2) is 40.2 Å². The van der Waals surface area contributed by atoms with Gasteiger partial charge in [0.25, 0.3) is 5.56 Å². The van der Waals surface area contributed by atoms with Gasteiger partial charge in [-0.25, -0.2) is 9.78 Å². The number of H-pyrrole nitrogens is 1. The minimum atomic E-state index is -0.520. The average molecular weight is 351 g/mol. The van der Waals surface area contributed by atoms with Crippen LogP contribution in [0.25, 0.3) is 0 Å². The first-order valence-corrected chi connectivity index (χ1v) is 7.75. The first-order valence-electron chi connectivity index (χ1n) is 7.37. The Labute approximate surface area is 141 Å². The second kappa shape index (κ2) is 6.88. The van der Waals surface area contributed by atoms with Crippen LogP contribution in [-0.2, 0) is 11.3 Å². The molecule has 1 aliphatic heterocycles. The van der Waals surface area contributed by atoms with Crippen molar-refractivity contribution in [3.63, 3.8) is 0 Å². The van der Waals surface area contributed by atoms with Gasteiger partial charge in [-0.2, -0.15) is 0 Å². The van der Waals surface area contributed by atoms with Crippen molar-refractivity contribution in [2.24, 2.45) is 0 Å². The number of nitrogens with zero attached hydrogens (tertiary/aromatic N) is 3. The van der Waals surface area contributed by atoms with Crippen molar-refractivity contribution >= 4 is 17.5 Å². The number of carbonyl (C=O) groups excluding carboxylic acids is 1. The van der Waals surface area contributed by atoms with E-state index in [0.29, 0.717) is 24.0 Å². The summed E-state index contributed by atoms with van der Waals surface area (Å²) in [6.07, 6.45) is 2.96. The van der Waals surface area contributed by atoms with Gasteiger partial charge < -0.3 is 14.2 Å². The van der Waals surface area contributed by atoms with Gasteiger partial charge in [0.2, 0.25) is 11.8 Å². The van der Waals surface area contributed by atoms with Gasteiger partial charge in [-0.05, 0) is 6.07 Å². The number of carbonyl (C=O) groups is 1. The third-order valence-corrected chi connectivity index (χ3v) is 3.88. The fourth-order valence-corrected chi connectivity index (χ4v) is 2.43. The number of hydrogen-bond acceptors (Lipinski definition) is 5. The molecule has 8 nitrogen and oxygen atoms in total. The molecular formula is C15H15ClN4O4. The van der Waals surface area contributed by atoms with Gasteiger partial charge in [0.05, 0.1) is 18.1 Å². The normalized spacial score (nSPS) is 14.3. The molecule has 24 heavy (non-hydrogen) atoms. The molecule has 0 aromatic carbocycles. The van der Waals surface area contributed by atoms with E-state index in [0.717, 1.165) is 0 Å². The van der Waals surface area contributed by atoms with Crippen molar-refractivity contribution in [3.8, 4) is 5.88 Å². The maximum atomic E-state index is 12.1. The summed E-state index contributed by atoms with van der Waals surface area (Å²) in [6.45, 7) is 1.17. The Morgan fingerprint density at radius 3 is 2.79 bits per heavy atom. The monoisotopic (exact) mass is 350 g/mol. The van der Waals surface area contributed by atoms with Crippen LogP contribution in [0.1, 0.15) is 6.42 Å². The van der Waals surface area contributed by atoms with Crippen LogP contribution >= 0.6 is 11.6 Å². The van der Waals surface area contributed by atoms with E-state index in [9.17, 15) is 14.4 Å². The third-order valence-electron chi connectivity index (χ3n) is 3.65. The quantitative estimate of drug-likeness (QED) is 0.834. The number of hydrogen-bond donors (Lipinski definition) is 1. The van der Waals surface area contributed by atoms with Gasteiger partial charge in [-0.1, -0.05) is 11.6 Å². The molecule has 0 bridgehead atoms. The van der Waals surface area contributed by atoms with Gasteiger partial charge >= 0.3 is 5.69 Å². The molecule has 0 spiro atoms. The van der Waals surface area contributed by atoms with E-state index in [4.69, 9.17) is 16.3 Å². The molecule has 0 radical (unpaired) electrons. The van der Waals surface area contributed by atoms with Gasteiger partial charge in [0, 0.05) is 37.5 Å². The Bertz CT molecular complexity index is 840. The SMILES string of the molecule is O=C(CCn1ccc(=O)[nH]c1=O)N1CC(Oc2ccc(Cl)cn2)C1. The van der Waals surface area contributed by atoms with E-state index in [1.54, 1.807) is 17.0 Å². The number of aromatic nitrogens is 3. The number of aromatic amines is 1. The van der Waals surface area contributed by atoms with Crippen molar-refractivity contribution in [2.75, 3.05) is 13.1 Å². The summed E-state index contributed by atoms with van der Waals surface area (Å²) in [6, 6.07) is 4.61. The summed E-state index contributed by atoms with van der Waals surface area (Å²) in [5, 5.41) is 0.533. The van der Waals surface area contributed by atoms with Crippen LogP contribution in [-0.4, -0.2) is 44.5 Å². The van der Waals surface area contributed by atoms with Crippen LogP contribution < -0.4 is 16.0 Å². The molecule has 2 aromatic rings. The smallest absolute Gasteiger partial charge is 0.328 e. The zero-order chi connectivity index (χ0) is 17.1. The van der Waals surface area contributed by atoms with Crippen molar-refractivity contribution in [1.82, 2.24) is 19.4 Å². The first kappa shape index (κ1) is 16.3. The lowest BCUT2D eigenvalue weighted by Crippen LogP contribution is -2.56. The molecule has 0 atom stereocenters. The lowest BCUT2D eigenvalue weighted by molar-refractivity contribution is -0.140. The number of ether oxygens (including phenoxy) is 1. The average Bonchev–Trinajstić information content (AvgIpc) is 2.51. The third kappa shape index (κ3) is 3.83. The molecule has 3 rings (SSSR count). The molecule has 0 saturated carbocycles. The van der Waals surface area contributed by atoms with Gasteiger partial charge in [-0.15, -0.1) is 0 Å². The predicted molar refractivity (Wildman–Crippen MR) is 86.2 cm³/mol. The Morgan fingerprint density at radius 1 is 1.33 bits per heavy atom. The minimum absolute atomic E-state index is 0.0722. The van der Waals surface area contributed by atoms with Crippen molar-refractivity contribution < 1.29 is 9.53 Å². The molecular weight excluding hydrogens is 336 g/mol. The Kier molecular flexibility index (Phi) is 4.66. The molecule has 9 heteroatoms. The number of likely N-dealkylation sites (tertiary alicyclic amines) is 1. The van der Waals surface area contributed by atoms with Crippen molar-refractivity contribution in [1.29, 1.82) is 0 Å². The molecule has 1 N–H and O–H groups in total. The molecule has 3 heterocycles. The fraction of sp³-hybridized carbons (Fsp3) is 0.333. The maximum Gasteiger partial charge on any atom is 0.328 e. The largest absolute Gasteiger partial charge is 0.471 e. The van der Waals surface area contributed by atoms with Crippen LogP contribution in [0.4, 0.5) is 0 Å². The second-order valence-corrected chi connectivity index (χ2v) is 5.84. The number of aryl methyl sites for hydroxylation is 1. The second-order valence-electron chi connectivity index (χ2n) is 5.41. The molecule has 1 amide bonds. The number of pyridine rings is 1. The highest BCUT2D eigenvalue weighted by Gasteiger charge is 2.32. The molecule has 0 unspecified atom stereocenters. The predicted octanol–water partition coefficient (Wildman–Crippen LogP) is 0.265. The van der Waals surface area contributed by atoms with Crippen molar-refractivity contribution in [2.45, 2.75) is 19.1 Å². The van der Waals surface area contributed by atoms with Gasteiger partial charge in [0.1, 0.15) is 6.10 Å². The van der Waals surface area contributed by atoms with Gasteiger partial charge in [-0.3, -0.25) is 14.6 Å². The highest BCUT2D eigenvalue weighted by Crippen LogP contribution is 2.18. The molecule has 0 aliphatic carbocycles. The zero-order valence-corrected chi connectivity index (χ0v) is 13.4. The zero-order valence-electron chi connectivity index (χ0n) is 12.6. The van der Waals surface area contributed by atoms with Crippen LogP contribution in [0.3, 0.4) is 0 Å². The standard InChI is InChI=1S/C15H15ClN4O4/c16-10-1-2-13(17-7-10)24-11-8-20(9-11)14(22)4-6-19-5-3-12(21)18-15(19)23/h1-3,5,7,11H,4,6,8-9H2,(H,18,21,23). The fourth-order valence-electron chi connectivity index (χ4n) is 2.31. The number of rotatable bonds is 5. The number of nitrogens with one attached hydrogen (secondary N) is 1. The highest BCUT2D eigenvalue weighted by molar-refractivity contribution is 6.30. The first-order chi connectivity index (χ1) is 11.5. The van der Waals surface area contributed by atoms with E-state index in [1.165, 1.54) is 23.0 Å². The topological polar surface area (TPSA) is 97.3 Å². The van der Waals surface area contributed by atoms with Crippen molar-refractivity contribution in [3.05, 3.63) is 56.5 Å². The van der Waals surface area contributed by atoms with Crippen LogP contribution in [0.2, 0.25) is 5.02 Å². The van der Waals surface area contributed by atoms with E-state index in [2.05, 4.69) is 9.97 Å². The number of amides is 1. The minimum Gasteiger partial charge on any atom is -0.471 e. The summed E-state index contributed by atoms with van der Waals surface area (Å²) in [4.78, 5) is 42.4. The lowest BCUT2D eigenvalue weighted by atomic mass is 10.1. The van der Waals surface area contributed by atoms with Crippen LogP contribution in [0, 0.1) is 0 Å².